The van der Waals surface area contributed by atoms with Crippen molar-refractivity contribution in [2.75, 3.05) is 27.9 Å². The lowest BCUT2D eigenvalue weighted by molar-refractivity contribution is -0.139. The second-order valence-electron chi connectivity index (χ2n) is 17.9. The van der Waals surface area contributed by atoms with Crippen molar-refractivity contribution in [2.45, 2.75) is 95.4 Å². The average Bonchev–Trinajstić information content (AvgIpc) is 3.21. The van der Waals surface area contributed by atoms with Gasteiger partial charge in [0.25, 0.3) is 0 Å². The maximum Gasteiger partial charge on any atom is 0.247 e. The maximum atomic E-state index is 15.2. The molecule has 7 rings (SSSR count). The molecular formula is C55H63N3O3. The number of allylic oxidation sites excluding steroid dienone is 3. The molecule has 0 aliphatic carbocycles. The number of aryl methyl sites for hydroxylation is 6. The summed E-state index contributed by atoms with van der Waals surface area (Å²) in [6.45, 7) is 28.3. The van der Waals surface area contributed by atoms with Gasteiger partial charge in [-0.2, -0.15) is 0 Å². The van der Waals surface area contributed by atoms with Gasteiger partial charge in [0.05, 0.1) is 22.8 Å². The molecule has 5 aromatic rings. The van der Waals surface area contributed by atoms with E-state index in [0.717, 1.165) is 91.8 Å². The molecule has 0 atom stereocenters. The third-order valence-corrected chi connectivity index (χ3v) is 11.5. The van der Waals surface area contributed by atoms with E-state index in [1.165, 1.54) is 5.56 Å². The van der Waals surface area contributed by atoms with Crippen LogP contribution in [0.4, 0.5) is 17.1 Å². The van der Waals surface area contributed by atoms with E-state index in [4.69, 9.17) is 4.74 Å². The summed E-state index contributed by atoms with van der Waals surface area (Å²) < 4.78 is 4.83. The summed E-state index contributed by atoms with van der Waals surface area (Å²) in [5, 5.41) is 0. The number of nitrogens with zero attached hydrogens (tertiary/aromatic N) is 3. The number of hydrogen-bond acceptors (Lipinski definition) is 4. The molecule has 2 amide bonds. The van der Waals surface area contributed by atoms with Gasteiger partial charge in [-0.1, -0.05) is 129 Å². The molecule has 0 saturated carbocycles. The molecule has 0 spiro atoms. The third-order valence-electron chi connectivity index (χ3n) is 11.5. The van der Waals surface area contributed by atoms with Gasteiger partial charge in [-0.25, -0.2) is 0 Å². The second-order valence-corrected chi connectivity index (χ2v) is 17.9. The molecule has 0 N–H and O–H groups in total. The molecule has 0 radical (unpaired) electrons. The van der Waals surface area contributed by atoms with Crippen LogP contribution in [0.5, 0.6) is 0 Å². The summed E-state index contributed by atoms with van der Waals surface area (Å²) in [6.07, 6.45) is 4.32. The lowest BCUT2D eigenvalue weighted by Gasteiger charge is -2.47. The van der Waals surface area contributed by atoms with Gasteiger partial charge >= 0.3 is 0 Å². The number of hydrogen-bond donors (Lipinski definition) is 0. The topological polar surface area (TPSA) is 53.1 Å². The smallest absolute Gasteiger partial charge is 0.247 e. The molecule has 2 heterocycles. The Morgan fingerprint density at radius 2 is 0.918 bits per heavy atom. The van der Waals surface area contributed by atoms with Crippen molar-refractivity contribution < 1.29 is 14.3 Å². The van der Waals surface area contributed by atoms with Crippen LogP contribution in [0.25, 0.3) is 11.4 Å². The fraction of sp³-hybridized carbons (Fsp3) is 0.309. The van der Waals surface area contributed by atoms with Gasteiger partial charge in [0.2, 0.25) is 11.8 Å². The van der Waals surface area contributed by atoms with Crippen molar-refractivity contribution in [2.24, 2.45) is 5.41 Å². The molecule has 6 heteroatoms. The number of carbonyl (C=O) groups is 2. The normalized spacial score (nSPS) is 15.4. The Hall–Kier alpha value is -5.98. The van der Waals surface area contributed by atoms with Crippen molar-refractivity contribution in [3.8, 4) is 0 Å². The Kier molecular flexibility index (Phi) is 13.1. The van der Waals surface area contributed by atoms with Crippen LogP contribution in [0, 0.1) is 47.0 Å². The summed E-state index contributed by atoms with van der Waals surface area (Å²) in [6, 6.07) is 38.0. The quantitative estimate of drug-likeness (QED) is 0.154. The monoisotopic (exact) mass is 813 g/mol. The number of anilines is 3. The van der Waals surface area contributed by atoms with Gasteiger partial charge in [-0.05, 0) is 138 Å². The predicted octanol–water partition coefficient (Wildman–Crippen LogP) is 13.1. The Balaban J connectivity index is 0.00000118. The lowest BCUT2D eigenvalue weighted by atomic mass is 9.84. The SMILES string of the molecule is CCOCC.Cc1cc(C)c(N2C(=O)C(C)(C)C(=O)N(c3c(C)cc(C)cc3C)C2=C2C=C(c3ccccc3)N(c3ccc(C(C)(C)C)cc3)C(c3ccccc3)=C2)c(C)c1. The molecule has 2 aliphatic rings. The first kappa shape index (κ1) is 44.6. The Morgan fingerprint density at radius 3 is 1.25 bits per heavy atom. The van der Waals surface area contributed by atoms with Crippen LogP contribution in [-0.2, 0) is 19.7 Å². The molecule has 0 bridgehead atoms. The molecule has 316 valence electrons. The minimum atomic E-state index is -1.36. The predicted molar refractivity (Wildman–Crippen MR) is 256 cm³/mol. The van der Waals surface area contributed by atoms with Crippen molar-refractivity contribution in [1.29, 1.82) is 0 Å². The van der Waals surface area contributed by atoms with Crippen LogP contribution in [0.15, 0.2) is 133 Å². The second kappa shape index (κ2) is 17.9. The van der Waals surface area contributed by atoms with Crippen molar-refractivity contribution in [3.63, 3.8) is 0 Å². The Morgan fingerprint density at radius 1 is 0.541 bits per heavy atom. The van der Waals surface area contributed by atoms with Crippen LogP contribution < -0.4 is 14.7 Å². The molecule has 1 fully saturated rings. The van der Waals surface area contributed by atoms with Gasteiger partial charge in [0.15, 0.2) is 0 Å². The molecular weight excluding hydrogens is 751 g/mol. The van der Waals surface area contributed by atoms with Crippen molar-refractivity contribution >= 4 is 40.3 Å². The van der Waals surface area contributed by atoms with Crippen LogP contribution >= 0.6 is 0 Å². The first-order valence-corrected chi connectivity index (χ1v) is 21.5. The standard InChI is InChI=1S/C51H53N3O2.C4H10O/c1-32-26-34(3)45(35(4)27-32)53-47(54(49(56)51(10,11)48(53)55)46-36(5)28-33(2)29-37(46)6)40-30-43(38-18-14-12-15-19-38)52(44(31-40)39-20-16-13-17-21-39)42-24-22-41(23-25-42)50(7,8)9;1-3-5-4-2/h12-31H,1-11H3;3-4H2,1-2H3. The van der Waals surface area contributed by atoms with E-state index in [-0.39, 0.29) is 17.2 Å². The van der Waals surface area contributed by atoms with E-state index < -0.39 is 5.41 Å². The summed E-state index contributed by atoms with van der Waals surface area (Å²) in [5.41, 5.74) is 13.2. The zero-order valence-electron chi connectivity index (χ0n) is 38.5. The first-order chi connectivity index (χ1) is 28.9. The number of ether oxygens (including phenoxy) is 1. The summed E-state index contributed by atoms with van der Waals surface area (Å²) >= 11 is 0. The van der Waals surface area contributed by atoms with E-state index in [2.05, 4.69) is 176 Å². The van der Waals surface area contributed by atoms with Crippen LogP contribution in [0.1, 0.15) is 98.5 Å². The fourth-order valence-electron chi connectivity index (χ4n) is 8.63. The lowest BCUT2D eigenvalue weighted by Crippen LogP contribution is -2.60. The molecule has 0 aromatic heterocycles. The highest BCUT2D eigenvalue weighted by atomic mass is 16.5. The van der Waals surface area contributed by atoms with Crippen molar-refractivity contribution in [3.05, 3.63) is 183 Å². The molecule has 61 heavy (non-hydrogen) atoms. The highest BCUT2D eigenvalue weighted by Gasteiger charge is 2.52. The average molecular weight is 814 g/mol. The number of carbonyl (C=O) groups excluding carboxylic acids is 2. The maximum absolute atomic E-state index is 15.2. The highest BCUT2D eigenvalue weighted by Crippen LogP contribution is 2.48. The molecule has 2 aliphatic heterocycles. The van der Waals surface area contributed by atoms with Gasteiger partial charge < -0.3 is 9.64 Å². The summed E-state index contributed by atoms with van der Waals surface area (Å²) in [5.74, 6) is 0.000470. The van der Waals surface area contributed by atoms with E-state index in [0.29, 0.717) is 5.82 Å². The molecule has 6 nitrogen and oxygen atoms in total. The molecule has 0 unspecified atom stereocenters. The Labute approximate surface area is 364 Å². The van der Waals surface area contributed by atoms with E-state index in [1.807, 2.05) is 35.8 Å². The molecule has 5 aromatic carbocycles. The van der Waals surface area contributed by atoms with Gasteiger partial charge in [0.1, 0.15) is 11.2 Å². The summed E-state index contributed by atoms with van der Waals surface area (Å²) in [4.78, 5) is 36.4. The van der Waals surface area contributed by atoms with E-state index >= 15 is 9.59 Å². The Bertz CT molecular complexity index is 2330. The third kappa shape index (κ3) is 8.92. The number of amides is 2. The van der Waals surface area contributed by atoms with Gasteiger partial charge in [-0.3, -0.25) is 19.4 Å². The van der Waals surface area contributed by atoms with Gasteiger partial charge in [-0.15, -0.1) is 0 Å². The van der Waals surface area contributed by atoms with E-state index in [9.17, 15) is 0 Å². The number of rotatable bonds is 7. The largest absolute Gasteiger partial charge is 0.382 e. The molecule has 1 saturated heterocycles. The summed E-state index contributed by atoms with van der Waals surface area (Å²) in [7, 11) is 0. The first-order valence-electron chi connectivity index (χ1n) is 21.5. The number of benzene rings is 5. The highest BCUT2D eigenvalue weighted by molar-refractivity contribution is 6.23. The van der Waals surface area contributed by atoms with Crippen LogP contribution in [0.3, 0.4) is 0 Å². The zero-order chi connectivity index (χ0) is 44.4. The minimum Gasteiger partial charge on any atom is -0.382 e. The van der Waals surface area contributed by atoms with E-state index in [1.54, 1.807) is 13.8 Å². The fourth-order valence-corrected chi connectivity index (χ4v) is 8.63. The van der Waals surface area contributed by atoms with Gasteiger partial charge in [0, 0.05) is 24.5 Å². The zero-order valence-corrected chi connectivity index (χ0v) is 38.5. The van der Waals surface area contributed by atoms with Crippen molar-refractivity contribution in [1.82, 2.24) is 0 Å². The van der Waals surface area contributed by atoms with Crippen LogP contribution in [0.2, 0.25) is 0 Å². The van der Waals surface area contributed by atoms with Crippen LogP contribution in [-0.4, -0.2) is 25.0 Å². The minimum absolute atomic E-state index is 0.00650.